The predicted octanol–water partition coefficient (Wildman–Crippen LogP) is 4.24. The highest BCUT2D eigenvalue weighted by atomic mass is 32.1. The molecule has 4 nitrogen and oxygen atoms in total. The van der Waals surface area contributed by atoms with E-state index in [2.05, 4.69) is 17.1 Å². The maximum absolute atomic E-state index is 12.6. The Morgan fingerprint density at radius 2 is 2.12 bits per heavy atom. The lowest BCUT2D eigenvalue weighted by molar-refractivity contribution is -0.129. The molecule has 0 saturated carbocycles. The van der Waals surface area contributed by atoms with Crippen LogP contribution in [0.2, 0.25) is 0 Å². The molecule has 0 bridgehead atoms. The molecule has 4 rings (SSSR count). The summed E-state index contributed by atoms with van der Waals surface area (Å²) < 4.78 is 5.66. The fraction of sp³-hybridized carbons (Fsp3) is 0.158. The van der Waals surface area contributed by atoms with Gasteiger partial charge >= 0.3 is 0 Å². The fourth-order valence-electron chi connectivity index (χ4n) is 2.95. The van der Waals surface area contributed by atoms with Crippen LogP contribution in [0.5, 0.6) is 0 Å². The Morgan fingerprint density at radius 1 is 1.25 bits per heavy atom. The lowest BCUT2D eigenvalue weighted by Crippen LogP contribution is -2.27. The highest BCUT2D eigenvalue weighted by Crippen LogP contribution is 2.30. The summed E-state index contributed by atoms with van der Waals surface area (Å²) in [7, 11) is 1.81. The van der Waals surface area contributed by atoms with E-state index in [1.165, 1.54) is 11.3 Å². The zero-order valence-corrected chi connectivity index (χ0v) is 14.0. The van der Waals surface area contributed by atoms with Crippen LogP contribution in [0.3, 0.4) is 0 Å². The van der Waals surface area contributed by atoms with Crippen molar-refractivity contribution in [1.29, 1.82) is 0 Å². The summed E-state index contributed by atoms with van der Waals surface area (Å²) in [5.41, 5.74) is 4.44. The van der Waals surface area contributed by atoms with Crippen molar-refractivity contribution >= 4 is 39.0 Å². The van der Waals surface area contributed by atoms with Crippen LogP contribution in [-0.4, -0.2) is 22.8 Å². The van der Waals surface area contributed by atoms with Crippen LogP contribution >= 0.6 is 11.3 Å². The van der Waals surface area contributed by atoms with E-state index in [1.807, 2.05) is 36.7 Å². The quantitative estimate of drug-likeness (QED) is 0.560. The predicted molar refractivity (Wildman–Crippen MR) is 96.0 cm³/mol. The fourth-order valence-corrected chi connectivity index (χ4v) is 3.50. The molecule has 2 aromatic heterocycles. The summed E-state index contributed by atoms with van der Waals surface area (Å²) in [5.74, 6) is 0.0543. The third-order valence-electron chi connectivity index (χ3n) is 4.19. The molecule has 0 unspecified atom stereocenters. The minimum Gasteiger partial charge on any atom is -0.464 e. The molecule has 0 fully saturated rings. The van der Waals surface area contributed by atoms with Gasteiger partial charge in [-0.25, -0.2) is 4.98 Å². The molecule has 120 valence electrons. The molecule has 24 heavy (non-hydrogen) atoms. The van der Waals surface area contributed by atoms with Gasteiger partial charge in [0.25, 0.3) is 0 Å². The number of thiazole rings is 1. The summed E-state index contributed by atoms with van der Waals surface area (Å²) in [6.07, 6.45) is 2.02. The number of amides is 1. The van der Waals surface area contributed by atoms with Gasteiger partial charge in [-0.2, -0.15) is 0 Å². The maximum Gasteiger partial charge on any atom is 0.227 e. The van der Waals surface area contributed by atoms with Gasteiger partial charge in [-0.05, 0) is 16.8 Å². The molecular formula is C19H16N2O2S. The van der Waals surface area contributed by atoms with E-state index >= 15 is 0 Å². The molecule has 0 spiro atoms. The summed E-state index contributed by atoms with van der Waals surface area (Å²) in [6.45, 7) is 0.527. The van der Waals surface area contributed by atoms with Crippen LogP contribution in [0.4, 0.5) is 0 Å². The lowest BCUT2D eigenvalue weighted by Gasteiger charge is -2.15. The molecule has 1 amide bonds. The largest absolute Gasteiger partial charge is 0.464 e. The van der Waals surface area contributed by atoms with Crippen molar-refractivity contribution in [3.63, 3.8) is 0 Å². The molecule has 0 radical (unpaired) electrons. The number of nitrogens with zero attached hydrogens (tertiary/aromatic N) is 2. The third kappa shape index (κ3) is 2.67. The first-order valence-corrected chi connectivity index (χ1v) is 8.65. The first-order chi connectivity index (χ1) is 11.7. The Labute approximate surface area is 143 Å². The Balaban J connectivity index is 1.64. The maximum atomic E-state index is 12.6. The standard InChI is InChI=1S/C19H16N2O2S/c1-21(9-15-11-24-12-20-15)18(22)8-14-10-23-17-7-6-13-4-2-3-5-16(13)19(14)17/h2-7,10-12H,8-9H2,1H3. The van der Waals surface area contributed by atoms with Crippen molar-refractivity contribution in [3.8, 4) is 0 Å². The zero-order valence-electron chi connectivity index (χ0n) is 13.2. The Morgan fingerprint density at radius 3 is 2.96 bits per heavy atom. The number of likely N-dealkylation sites (N-methyl/N-ethyl adjacent to an activating group) is 1. The molecule has 0 aliphatic heterocycles. The first kappa shape index (κ1) is 14.9. The van der Waals surface area contributed by atoms with Gasteiger partial charge in [0.05, 0.1) is 30.4 Å². The van der Waals surface area contributed by atoms with E-state index in [0.717, 1.165) is 33.0 Å². The van der Waals surface area contributed by atoms with E-state index in [4.69, 9.17) is 4.42 Å². The summed E-state index contributed by atoms with van der Waals surface area (Å²) in [5, 5.41) is 5.26. The zero-order chi connectivity index (χ0) is 16.5. The van der Waals surface area contributed by atoms with E-state index < -0.39 is 0 Å². The van der Waals surface area contributed by atoms with Crippen LogP contribution in [-0.2, 0) is 17.8 Å². The number of benzene rings is 2. The van der Waals surface area contributed by atoms with E-state index in [9.17, 15) is 4.79 Å². The number of hydrogen-bond donors (Lipinski definition) is 0. The number of carbonyl (C=O) groups is 1. The van der Waals surface area contributed by atoms with Crippen LogP contribution < -0.4 is 0 Å². The van der Waals surface area contributed by atoms with Gasteiger partial charge in [-0.15, -0.1) is 11.3 Å². The Kier molecular flexibility index (Phi) is 3.78. The molecular weight excluding hydrogens is 320 g/mol. The highest BCUT2D eigenvalue weighted by molar-refractivity contribution is 7.07. The van der Waals surface area contributed by atoms with Gasteiger partial charge < -0.3 is 9.32 Å². The molecule has 5 heteroatoms. The van der Waals surface area contributed by atoms with Crippen molar-refractivity contribution in [3.05, 3.63) is 64.8 Å². The second-order valence-corrected chi connectivity index (χ2v) is 6.55. The minimum atomic E-state index is 0.0543. The van der Waals surface area contributed by atoms with Gasteiger partial charge in [0.1, 0.15) is 5.58 Å². The number of rotatable bonds is 4. The van der Waals surface area contributed by atoms with Gasteiger partial charge in [0.2, 0.25) is 5.91 Å². The molecule has 0 aliphatic carbocycles. The normalized spacial score (nSPS) is 11.2. The molecule has 0 aliphatic rings. The van der Waals surface area contributed by atoms with E-state index in [1.54, 1.807) is 16.7 Å². The second-order valence-electron chi connectivity index (χ2n) is 5.83. The van der Waals surface area contributed by atoms with Gasteiger partial charge in [0, 0.05) is 23.4 Å². The topological polar surface area (TPSA) is 46.3 Å². The van der Waals surface area contributed by atoms with Gasteiger partial charge in [0.15, 0.2) is 0 Å². The van der Waals surface area contributed by atoms with Crippen molar-refractivity contribution in [2.75, 3.05) is 7.05 Å². The van der Waals surface area contributed by atoms with Crippen molar-refractivity contribution in [2.45, 2.75) is 13.0 Å². The monoisotopic (exact) mass is 336 g/mol. The van der Waals surface area contributed by atoms with Crippen molar-refractivity contribution in [2.24, 2.45) is 0 Å². The van der Waals surface area contributed by atoms with E-state index in [0.29, 0.717) is 13.0 Å². The average Bonchev–Trinajstić information content (AvgIpc) is 3.25. The number of fused-ring (bicyclic) bond motifs is 3. The summed E-state index contributed by atoms with van der Waals surface area (Å²) in [4.78, 5) is 18.5. The van der Waals surface area contributed by atoms with Crippen LogP contribution in [0, 0.1) is 0 Å². The SMILES string of the molecule is CN(Cc1cscn1)C(=O)Cc1coc2ccc3ccccc3c12. The van der Waals surface area contributed by atoms with Crippen LogP contribution in [0.1, 0.15) is 11.3 Å². The first-order valence-electron chi connectivity index (χ1n) is 7.71. The molecule has 2 heterocycles. The molecule has 0 saturated heterocycles. The third-order valence-corrected chi connectivity index (χ3v) is 4.83. The highest BCUT2D eigenvalue weighted by Gasteiger charge is 2.16. The summed E-state index contributed by atoms with van der Waals surface area (Å²) >= 11 is 1.54. The number of carbonyl (C=O) groups excluding carboxylic acids is 1. The van der Waals surface area contributed by atoms with Crippen LogP contribution in [0.15, 0.2) is 58.0 Å². The number of hydrogen-bond acceptors (Lipinski definition) is 4. The Hall–Kier alpha value is -2.66. The van der Waals surface area contributed by atoms with Crippen LogP contribution in [0.25, 0.3) is 21.7 Å². The Bertz CT molecular complexity index is 1000. The molecule has 0 N–H and O–H groups in total. The average molecular weight is 336 g/mol. The number of aromatic nitrogens is 1. The molecule has 4 aromatic rings. The van der Waals surface area contributed by atoms with Crippen molar-refractivity contribution in [1.82, 2.24) is 9.88 Å². The second kappa shape index (κ2) is 6.09. The molecule has 2 aromatic carbocycles. The smallest absolute Gasteiger partial charge is 0.227 e. The minimum absolute atomic E-state index is 0.0543. The van der Waals surface area contributed by atoms with Gasteiger partial charge in [-0.1, -0.05) is 30.3 Å². The van der Waals surface area contributed by atoms with E-state index in [-0.39, 0.29) is 5.91 Å². The lowest BCUT2D eigenvalue weighted by atomic mass is 10.0. The number of furan rings is 1. The van der Waals surface area contributed by atoms with Gasteiger partial charge in [-0.3, -0.25) is 4.79 Å². The summed E-state index contributed by atoms with van der Waals surface area (Å²) in [6, 6.07) is 12.2. The van der Waals surface area contributed by atoms with Crippen molar-refractivity contribution < 1.29 is 9.21 Å². The molecule has 0 atom stereocenters.